The van der Waals surface area contributed by atoms with Crippen molar-refractivity contribution in [3.8, 4) is 0 Å². The number of H-pyrrole nitrogens is 1. The molecule has 0 fully saturated rings. The van der Waals surface area contributed by atoms with E-state index >= 15 is 0 Å². The van der Waals surface area contributed by atoms with E-state index in [-0.39, 0.29) is 0 Å². The van der Waals surface area contributed by atoms with Gasteiger partial charge in [0.25, 0.3) is 0 Å². The molecule has 0 unspecified atom stereocenters. The normalized spacial score (nSPS) is 11.4. The van der Waals surface area contributed by atoms with Gasteiger partial charge in [-0.15, -0.1) is 0 Å². The van der Waals surface area contributed by atoms with Gasteiger partial charge in [-0.3, -0.25) is 0 Å². The average Bonchev–Trinajstić information content (AvgIpc) is 2.42. The zero-order valence-electron chi connectivity index (χ0n) is 8.13. The zero-order chi connectivity index (χ0) is 9.42. The Hall–Kier alpha value is -1.38. The first-order valence-electron chi connectivity index (χ1n) is 4.49. The fourth-order valence-electron chi connectivity index (χ4n) is 1.35. The topological polar surface area (TPSA) is 41.6 Å². The van der Waals surface area contributed by atoms with Crippen LogP contribution in [0, 0.1) is 6.92 Å². The Morgan fingerprint density at radius 3 is 2.85 bits per heavy atom. The number of aromatic nitrogens is 3. The van der Waals surface area contributed by atoms with Crippen LogP contribution in [0.2, 0.25) is 0 Å². The Morgan fingerprint density at radius 1 is 1.38 bits per heavy atom. The average molecular weight is 175 g/mol. The number of rotatable bonds is 1. The van der Waals surface area contributed by atoms with Crippen LogP contribution in [-0.2, 0) is 0 Å². The molecule has 0 saturated carbocycles. The minimum atomic E-state index is 0.389. The van der Waals surface area contributed by atoms with Crippen molar-refractivity contribution in [2.45, 2.75) is 26.7 Å². The van der Waals surface area contributed by atoms with E-state index in [1.807, 2.05) is 19.2 Å². The number of nitrogens with one attached hydrogen (secondary N) is 1. The summed E-state index contributed by atoms with van der Waals surface area (Å²) in [7, 11) is 0. The van der Waals surface area contributed by atoms with Crippen LogP contribution in [0.4, 0.5) is 0 Å². The lowest BCUT2D eigenvalue weighted by Crippen LogP contribution is -1.95. The molecule has 0 aromatic carbocycles. The zero-order valence-corrected chi connectivity index (χ0v) is 8.13. The van der Waals surface area contributed by atoms with E-state index in [0.717, 1.165) is 22.6 Å². The van der Waals surface area contributed by atoms with Crippen LogP contribution in [0.25, 0.3) is 11.0 Å². The van der Waals surface area contributed by atoms with Crippen LogP contribution in [0.15, 0.2) is 12.3 Å². The molecule has 1 N–H and O–H groups in total. The number of hydrogen-bond donors (Lipinski definition) is 1. The van der Waals surface area contributed by atoms with Crippen LogP contribution >= 0.6 is 0 Å². The number of hydrogen-bond acceptors (Lipinski definition) is 2. The quantitative estimate of drug-likeness (QED) is 0.723. The summed E-state index contributed by atoms with van der Waals surface area (Å²) >= 11 is 0. The van der Waals surface area contributed by atoms with Gasteiger partial charge in [0.05, 0.1) is 17.2 Å². The van der Waals surface area contributed by atoms with E-state index in [1.54, 1.807) is 0 Å². The Balaban J connectivity index is 2.61. The summed E-state index contributed by atoms with van der Waals surface area (Å²) in [5.41, 5.74) is 3.16. The molecule has 2 rings (SSSR count). The van der Waals surface area contributed by atoms with Crippen molar-refractivity contribution < 1.29 is 0 Å². The second kappa shape index (κ2) is 2.83. The molecule has 13 heavy (non-hydrogen) atoms. The molecule has 68 valence electrons. The molecule has 0 atom stereocenters. The van der Waals surface area contributed by atoms with Gasteiger partial charge in [0.2, 0.25) is 0 Å². The van der Waals surface area contributed by atoms with Crippen molar-refractivity contribution in [1.82, 2.24) is 15.0 Å². The van der Waals surface area contributed by atoms with Crippen molar-refractivity contribution in [2.75, 3.05) is 0 Å². The molecule has 2 heterocycles. The summed E-state index contributed by atoms with van der Waals surface area (Å²) in [5, 5.41) is 0. The summed E-state index contributed by atoms with van der Waals surface area (Å²) in [6.07, 6.45) is 1.85. The molecular formula is C10H13N3. The predicted molar refractivity (Wildman–Crippen MR) is 52.7 cm³/mol. The smallest absolute Gasteiger partial charge is 0.131 e. The van der Waals surface area contributed by atoms with Crippen molar-refractivity contribution in [2.24, 2.45) is 0 Å². The first kappa shape index (κ1) is 8.23. The van der Waals surface area contributed by atoms with Gasteiger partial charge in [-0.05, 0) is 13.0 Å². The second-order valence-electron chi connectivity index (χ2n) is 3.63. The third-order valence-electron chi connectivity index (χ3n) is 2.04. The van der Waals surface area contributed by atoms with Crippen LogP contribution in [0.5, 0.6) is 0 Å². The van der Waals surface area contributed by atoms with Crippen molar-refractivity contribution in [1.29, 1.82) is 0 Å². The molecule has 0 spiro atoms. The highest BCUT2D eigenvalue weighted by molar-refractivity contribution is 5.74. The molecule has 0 amide bonds. The first-order chi connectivity index (χ1) is 6.16. The SMILES string of the molecule is Cc1cc2nc(C(C)C)ncc2[nH]1. The Kier molecular flexibility index (Phi) is 1.79. The summed E-state index contributed by atoms with van der Waals surface area (Å²) in [4.78, 5) is 11.9. The lowest BCUT2D eigenvalue weighted by atomic mass is 10.2. The molecule has 0 radical (unpaired) electrons. The van der Waals surface area contributed by atoms with Crippen LogP contribution < -0.4 is 0 Å². The standard InChI is InChI=1S/C10H13N3/c1-6(2)10-11-5-9-8(13-10)4-7(3)12-9/h4-6,12H,1-3H3. The van der Waals surface area contributed by atoms with Gasteiger partial charge in [0.1, 0.15) is 5.82 Å². The molecule has 0 bridgehead atoms. The monoisotopic (exact) mass is 175 g/mol. The van der Waals surface area contributed by atoms with E-state index in [4.69, 9.17) is 0 Å². The number of aromatic amines is 1. The maximum atomic E-state index is 4.45. The molecule has 0 aliphatic carbocycles. The Bertz CT molecular complexity index is 429. The Labute approximate surface area is 77.2 Å². The third-order valence-corrected chi connectivity index (χ3v) is 2.04. The highest BCUT2D eigenvalue weighted by atomic mass is 14.9. The van der Waals surface area contributed by atoms with Crippen LogP contribution in [0.3, 0.4) is 0 Å². The lowest BCUT2D eigenvalue weighted by molar-refractivity contribution is 0.783. The molecule has 2 aromatic heterocycles. The highest BCUT2D eigenvalue weighted by Gasteiger charge is 2.04. The lowest BCUT2D eigenvalue weighted by Gasteiger charge is -2.01. The van der Waals surface area contributed by atoms with E-state index in [2.05, 4.69) is 28.8 Å². The third kappa shape index (κ3) is 1.41. The minimum Gasteiger partial charge on any atom is -0.356 e. The summed E-state index contributed by atoms with van der Waals surface area (Å²) in [5.74, 6) is 1.30. The molecule has 2 aromatic rings. The van der Waals surface area contributed by atoms with Crippen molar-refractivity contribution in [3.63, 3.8) is 0 Å². The molecule has 0 saturated heterocycles. The predicted octanol–water partition coefficient (Wildman–Crippen LogP) is 2.39. The van der Waals surface area contributed by atoms with Crippen molar-refractivity contribution >= 4 is 11.0 Å². The fourth-order valence-corrected chi connectivity index (χ4v) is 1.35. The second-order valence-corrected chi connectivity index (χ2v) is 3.63. The summed E-state index contributed by atoms with van der Waals surface area (Å²) < 4.78 is 0. The molecular weight excluding hydrogens is 162 g/mol. The van der Waals surface area contributed by atoms with Gasteiger partial charge in [0, 0.05) is 11.6 Å². The summed E-state index contributed by atoms with van der Waals surface area (Å²) in [6.45, 7) is 6.22. The number of aryl methyl sites for hydroxylation is 1. The van der Waals surface area contributed by atoms with E-state index < -0.39 is 0 Å². The van der Waals surface area contributed by atoms with E-state index in [0.29, 0.717) is 5.92 Å². The highest BCUT2D eigenvalue weighted by Crippen LogP contribution is 2.15. The summed E-state index contributed by atoms with van der Waals surface area (Å²) in [6, 6.07) is 2.04. The van der Waals surface area contributed by atoms with Gasteiger partial charge in [-0.2, -0.15) is 0 Å². The van der Waals surface area contributed by atoms with E-state index in [1.165, 1.54) is 0 Å². The maximum Gasteiger partial charge on any atom is 0.131 e. The van der Waals surface area contributed by atoms with Gasteiger partial charge in [-0.1, -0.05) is 13.8 Å². The maximum absolute atomic E-state index is 4.45. The van der Waals surface area contributed by atoms with Crippen LogP contribution in [0.1, 0.15) is 31.3 Å². The van der Waals surface area contributed by atoms with Gasteiger partial charge in [0.15, 0.2) is 0 Å². The van der Waals surface area contributed by atoms with Gasteiger partial charge >= 0.3 is 0 Å². The molecule has 0 aliphatic rings. The van der Waals surface area contributed by atoms with Gasteiger partial charge < -0.3 is 4.98 Å². The van der Waals surface area contributed by atoms with Gasteiger partial charge in [-0.25, -0.2) is 9.97 Å². The molecule has 3 heteroatoms. The van der Waals surface area contributed by atoms with Crippen LogP contribution in [-0.4, -0.2) is 15.0 Å². The first-order valence-corrected chi connectivity index (χ1v) is 4.49. The van der Waals surface area contributed by atoms with Crippen molar-refractivity contribution in [3.05, 3.63) is 23.8 Å². The largest absolute Gasteiger partial charge is 0.356 e. The Morgan fingerprint density at radius 2 is 2.15 bits per heavy atom. The number of fused-ring (bicyclic) bond motifs is 1. The van der Waals surface area contributed by atoms with E-state index in [9.17, 15) is 0 Å². The fraction of sp³-hybridized carbons (Fsp3) is 0.400. The number of nitrogens with zero attached hydrogens (tertiary/aromatic N) is 2. The molecule has 3 nitrogen and oxygen atoms in total. The molecule has 0 aliphatic heterocycles. The minimum absolute atomic E-state index is 0.389.